The van der Waals surface area contributed by atoms with Gasteiger partial charge in [-0.1, -0.05) is 29.5 Å². The minimum Gasteiger partial charge on any atom is -0.362 e. The number of aromatic nitrogens is 3. The number of carbonyl (C=O) groups is 1. The van der Waals surface area contributed by atoms with Crippen molar-refractivity contribution in [1.82, 2.24) is 19.9 Å². The summed E-state index contributed by atoms with van der Waals surface area (Å²) in [5.41, 5.74) is 2.78. The molecule has 0 saturated carbocycles. The SMILES string of the molecule is CCNc1nc(C)c(C(=O)NCc2ccccc2-n2ccnc2)s1. The van der Waals surface area contributed by atoms with Crippen molar-refractivity contribution in [1.29, 1.82) is 0 Å². The van der Waals surface area contributed by atoms with Crippen LogP contribution in [0.15, 0.2) is 43.0 Å². The highest BCUT2D eigenvalue weighted by atomic mass is 32.1. The third-order valence-electron chi connectivity index (χ3n) is 3.54. The summed E-state index contributed by atoms with van der Waals surface area (Å²) < 4.78 is 1.93. The van der Waals surface area contributed by atoms with Crippen LogP contribution in [0.4, 0.5) is 5.13 Å². The fourth-order valence-electron chi connectivity index (χ4n) is 2.40. The number of nitrogens with zero attached hydrogens (tertiary/aromatic N) is 3. The van der Waals surface area contributed by atoms with Crippen LogP contribution in [0, 0.1) is 6.92 Å². The molecule has 1 amide bonds. The molecule has 0 saturated heterocycles. The summed E-state index contributed by atoms with van der Waals surface area (Å²) in [4.78, 5) is 21.6. The number of hydrogen-bond acceptors (Lipinski definition) is 5. The van der Waals surface area contributed by atoms with Crippen LogP contribution >= 0.6 is 11.3 Å². The number of aryl methyl sites for hydroxylation is 1. The molecule has 0 unspecified atom stereocenters. The lowest BCUT2D eigenvalue weighted by Crippen LogP contribution is -2.23. The van der Waals surface area contributed by atoms with Gasteiger partial charge in [0, 0.05) is 25.5 Å². The number of amides is 1. The molecule has 2 aromatic heterocycles. The Morgan fingerprint density at radius 1 is 1.33 bits per heavy atom. The minimum atomic E-state index is -0.102. The molecule has 0 bridgehead atoms. The standard InChI is InChI=1S/C17H19N5OS/c1-3-19-17-21-12(2)15(24-17)16(23)20-10-13-6-4-5-7-14(13)22-9-8-18-11-22/h4-9,11H,3,10H2,1-2H3,(H,19,21)(H,20,23). The lowest BCUT2D eigenvalue weighted by Gasteiger charge is -2.11. The molecule has 2 N–H and O–H groups in total. The molecule has 0 fully saturated rings. The van der Waals surface area contributed by atoms with Crippen LogP contribution in [0.1, 0.15) is 27.9 Å². The Morgan fingerprint density at radius 3 is 2.92 bits per heavy atom. The number of rotatable bonds is 6. The van der Waals surface area contributed by atoms with E-state index in [1.807, 2.05) is 48.9 Å². The molecular formula is C17H19N5OS. The van der Waals surface area contributed by atoms with Crippen molar-refractivity contribution < 1.29 is 4.79 Å². The van der Waals surface area contributed by atoms with E-state index in [2.05, 4.69) is 20.6 Å². The van der Waals surface area contributed by atoms with Crippen molar-refractivity contribution in [2.45, 2.75) is 20.4 Å². The quantitative estimate of drug-likeness (QED) is 0.723. The monoisotopic (exact) mass is 341 g/mol. The maximum Gasteiger partial charge on any atom is 0.263 e. The molecule has 7 heteroatoms. The molecule has 24 heavy (non-hydrogen) atoms. The van der Waals surface area contributed by atoms with E-state index in [1.165, 1.54) is 11.3 Å². The number of para-hydroxylation sites is 1. The van der Waals surface area contributed by atoms with E-state index in [0.29, 0.717) is 11.4 Å². The lowest BCUT2D eigenvalue weighted by molar-refractivity contribution is 0.0954. The van der Waals surface area contributed by atoms with Gasteiger partial charge in [0.25, 0.3) is 5.91 Å². The summed E-state index contributed by atoms with van der Waals surface area (Å²) in [6, 6.07) is 7.93. The summed E-state index contributed by atoms with van der Waals surface area (Å²) >= 11 is 1.38. The van der Waals surface area contributed by atoms with Crippen molar-refractivity contribution >= 4 is 22.4 Å². The van der Waals surface area contributed by atoms with Crippen molar-refractivity contribution in [3.63, 3.8) is 0 Å². The normalized spacial score (nSPS) is 10.6. The van der Waals surface area contributed by atoms with Crippen molar-refractivity contribution in [3.8, 4) is 5.69 Å². The van der Waals surface area contributed by atoms with Gasteiger partial charge in [-0.05, 0) is 25.5 Å². The summed E-state index contributed by atoms with van der Waals surface area (Å²) in [5.74, 6) is -0.102. The van der Waals surface area contributed by atoms with Gasteiger partial charge < -0.3 is 15.2 Å². The van der Waals surface area contributed by atoms with Gasteiger partial charge in [0.15, 0.2) is 5.13 Å². The second-order valence-corrected chi connectivity index (χ2v) is 6.24. The molecule has 3 aromatic rings. The zero-order valence-electron chi connectivity index (χ0n) is 13.6. The Balaban J connectivity index is 1.73. The number of nitrogens with one attached hydrogen (secondary N) is 2. The second kappa shape index (κ2) is 7.27. The summed E-state index contributed by atoms with van der Waals surface area (Å²) in [7, 11) is 0. The van der Waals surface area contributed by atoms with E-state index in [-0.39, 0.29) is 5.91 Å². The highest BCUT2D eigenvalue weighted by Gasteiger charge is 2.15. The van der Waals surface area contributed by atoms with Gasteiger partial charge in [-0.3, -0.25) is 4.79 Å². The first-order chi connectivity index (χ1) is 11.7. The molecule has 1 aromatic carbocycles. The minimum absolute atomic E-state index is 0.102. The first kappa shape index (κ1) is 16.2. The van der Waals surface area contributed by atoms with Crippen LogP contribution in [-0.4, -0.2) is 27.0 Å². The Morgan fingerprint density at radius 2 is 2.17 bits per heavy atom. The maximum atomic E-state index is 12.5. The average Bonchev–Trinajstić information content (AvgIpc) is 3.23. The molecule has 0 spiro atoms. The Kier molecular flexibility index (Phi) is 4.90. The topological polar surface area (TPSA) is 71.8 Å². The van der Waals surface area contributed by atoms with Gasteiger partial charge in [-0.15, -0.1) is 0 Å². The third kappa shape index (κ3) is 3.46. The van der Waals surface area contributed by atoms with E-state index in [4.69, 9.17) is 0 Å². The molecular weight excluding hydrogens is 322 g/mol. The molecule has 0 aliphatic carbocycles. The number of benzene rings is 1. The third-order valence-corrected chi connectivity index (χ3v) is 4.66. The lowest BCUT2D eigenvalue weighted by atomic mass is 10.1. The number of carbonyl (C=O) groups excluding carboxylic acids is 1. The van der Waals surface area contributed by atoms with Gasteiger partial charge in [-0.25, -0.2) is 9.97 Å². The molecule has 3 rings (SSSR count). The molecule has 0 radical (unpaired) electrons. The zero-order chi connectivity index (χ0) is 16.9. The first-order valence-corrected chi connectivity index (χ1v) is 8.56. The number of hydrogen-bond donors (Lipinski definition) is 2. The zero-order valence-corrected chi connectivity index (χ0v) is 14.4. The molecule has 124 valence electrons. The fraction of sp³-hybridized carbons (Fsp3) is 0.235. The Hall–Kier alpha value is -2.67. The number of imidazole rings is 1. The molecule has 0 aliphatic rings. The van der Waals surface area contributed by atoms with E-state index in [0.717, 1.165) is 28.6 Å². The van der Waals surface area contributed by atoms with E-state index >= 15 is 0 Å². The van der Waals surface area contributed by atoms with E-state index in [1.54, 1.807) is 12.5 Å². The van der Waals surface area contributed by atoms with E-state index < -0.39 is 0 Å². The van der Waals surface area contributed by atoms with Crippen molar-refractivity contribution in [3.05, 3.63) is 59.1 Å². The smallest absolute Gasteiger partial charge is 0.263 e. The van der Waals surface area contributed by atoms with E-state index in [9.17, 15) is 4.79 Å². The fourth-order valence-corrected chi connectivity index (χ4v) is 3.35. The van der Waals surface area contributed by atoms with Crippen LogP contribution in [0.2, 0.25) is 0 Å². The molecule has 0 aliphatic heterocycles. The van der Waals surface area contributed by atoms with Crippen LogP contribution < -0.4 is 10.6 Å². The highest BCUT2D eigenvalue weighted by Crippen LogP contribution is 2.22. The maximum absolute atomic E-state index is 12.5. The summed E-state index contributed by atoms with van der Waals surface area (Å²) in [6.07, 6.45) is 5.37. The van der Waals surface area contributed by atoms with Crippen LogP contribution in [0.25, 0.3) is 5.69 Å². The second-order valence-electron chi connectivity index (χ2n) is 5.25. The first-order valence-electron chi connectivity index (χ1n) is 7.74. The number of thiazole rings is 1. The van der Waals surface area contributed by atoms with Crippen molar-refractivity contribution in [2.24, 2.45) is 0 Å². The Bertz CT molecular complexity index is 825. The van der Waals surface area contributed by atoms with Gasteiger partial charge in [-0.2, -0.15) is 0 Å². The molecule has 0 atom stereocenters. The predicted molar refractivity (Wildman–Crippen MR) is 95.7 cm³/mol. The van der Waals surface area contributed by atoms with Crippen LogP contribution in [0.3, 0.4) is 0 Å². The van der Waals surface area contributed by atoms with Crippen LogP contribution in [0.5, 0.6) is 0 Å². The summed E-state index contributed by atoms with van der Waals surface area (Å²) in [5, 5.41) is 6.90. The highest BCUT2D eigenvalue weighted by molar-refractivity contribution is 7.17. The van der Waals surface area contributed by atoms with Gasteiger partial charge in [0.2, 0.25) is 0 Å². The van der Waals surface area contributed by atoms with Gasteiger partial charge in [0.05, 0.1) is 17.7 Å². The van der Waals surface area contributed by atoms with Gasteiger partial charge >= 0.3 is 0 Å². The summed E-state index contributed by atoms with van der Waals surface area (Å²) in [6.45, 7) is 5.09. The number of anilines is 1. The van der Waals surface area contributed by atoms with Gasteiger partial charge in [0.1, 0.15) is 4.88 Å². The predicted octanol–water partition coefficient (Wildman–Crippen LogP) is 3.00. The van der Waals surface area contributed by atoms with Crippen LogP contribution in [-0.2, 0) is 6.54 Å². The largest absolute Gasteiger partial charge is 0.362 e. The van der Waals surface area contributed by atoms with Crippen molar-refractivity contribution in [2.75, 3.05) is 11.9 Å². The molecule has 2 heterocycles. The molecule has 6 nitrogen and oxygen atoms in total. The average molecular weight is 341 g/mol. The Labute approximate surface area is 144 Å².